The van der Waals surface area contributed by atoms with Crippen LogP contribution in [0.25, 0.3) is 0 Å². The third-order valence-electron chi connectivity index (χ3n) is 4.14. The van der Waals surface area contributed by atoms with E-state index in [-0.39, 0.29) is 0 Å². The van der Waals surface area contributed by atoms with Crippen molar-refractivity contribution < 1.29 is 30.3 Å². The third kappa shape index (κ3) is 2.41. The Morgan fingerprint density at radius 1 is 0.944 bits per heavy atom. The molecule has 0 aromatic carbocycles. The van der Waals surface area contributed by atoms with Crippen LogP contribution in [0.5, 0.6) is 0 Å². The smallest absolute Gasteiger partial charge is 0.115 e. The zero-order valence-corrected chi connectivity index (χ0v) is 10.3. The van der Waals surface area contributed by atoms with Gasteiger partial charge in [-0.3, -0.25) is 0 Å². The number of rotatable bonds is 2. The lowest BCUT2D eigenvalue weighted by atomic mass is 9.76. The number of ether oxygens (including phenoxy) is 1. The summed E-state index contributed by atoms with van der Waals surface area (Å²) in [5.74, 6) is 0. The van der Waals surface area contributed by atoms with Crippen LogP contribution in [-0.2, 0) is 4.74 Å². The first-order valence-corrected chi connectivity index (χ1v) is 6.52. The first-order valence-electron chi connectivity index (χ1n) is 6.52. The van der Waals surface area contributed by atoms with Crippen LogP contribution in [0, 0.1) is 0 Å². The first-order chi connectivity index (χ1) is 8.49. The molecule has 0 aromatic heterocycles. The minimum Gasteiger partial charge on any atom is -0.394 e. The first kappa shape index (κ1) is 14.2. The molecule has 1 aliphatic heterocycles. The SMILES string of the molecule is OC[C@H]1O[C@@H](C2(O)CCCCC2)[C@@H](O)[C@@H](O)[C@@H]1O. The van der Waals surface area contributed by atoms with E-state index >= 15 is 0 Å². The van der Waals surface area contributed by atoms with Crippen LogP contribution in [0.3, 0.4) is 0 Å². The van der Waals surface area contributed by atoms with E-state index in [1.165, 1.54) is 0 Å². The molecule has 0 amide bonds. The highest BCUT2D eigenvalue weighted by molar-refractivity contribution is 5.02. The average molecular weight is 262 g/mol. The second-order valence-electron chi connectivity index (χ2n) is 5.41. The zero-order valence-electron chi connectivity index (χ0n) is 10.3. The highest BCUT2D eigenvalue weighted by Gasteiger charge is 2.52. The normalized spacial score (nSPS) is 44.8. The molecular weight excluding hydrogens is 240 g/mol. The van der Waals surface area contributed by atoms with Gasteiger partial charge < -0.3 is 30.3 Å². The second kappa shape index (κ2) is 5.40. The van der Waals surface area contributed by atoms with E-state index in [0.29, 0.717) is 12.8 Å². The van der Waals surface area contributed by atoms with Crippen LogP contribution >= 0.6 is 0 Å². The Kier molecular flexibility index (Phi) is 4.25. The van der Waals surface area contributed by atoms with Crippen molar-refractivity contribution in [2.45, 2.75) is 68.2 Å². The van der Waals surface area contributed by atoms with Gasteiger partial charge in [-0.2, -0.15) is 0 Å². The van der Waals surface area contributed by atoms with Crippen LogP contribution in [0.15, 0.2) is 0 Å². The monoisotopic (exact) mass is 262 g/mol. The molecule has 2 fully saturated rings. The van der Waals surface area contributed by atoms with Crippen LogP contribution in [0.1, 0.15) is 32.1 Å². The summed E-state index contributed by atoms with van der Waals surface area (Å²) in [4.78, 5) is 0. The van der Waals surface area contributed by atoms with Gasteiger partial charge in [-0.25, -0.2) is 0 Å². The minimum atomic E-state index is -1.41. The topological polar surface area (TPSA) is 110 Å². The molecule has 2 aliphatic rings. The van der Waals surface area contributed by atoms with Gasteiger partial charge in [-0.05, 0) is 12.8 Å². The van der Waals surface area contributed by atoms with Gasteiger partial charge in [-0.15, -0.1) is 0 Å². The quantitative estimate of drug-likeness (QED) is 0.415. The standard InChI is InChI=1S/C12H22O6/c13-6-7-8(14)9(15)10(16)11(18-7)12(17)4-2-1-3-5-12/h7-11,13-17H,1-6H2/t7-,8-,9+,10+,11-/m1/s1. The molecule has 0 spiro atoms. The van der Waals surface area contributed by atoms with E-state index < -0.39 is 42.7 Å². The predicted octanol–water partition coefficient (Wildman–Crippen LogP) is -1.48. The van der Waals surface area contributed by atoms with Crippen LogP contribution in [-0.4, -0.2) is 68.3 Å². The molecule has 18 heavy (non-hydrogen) atoms. The average Bonchev–Trinajstić information content (AvgIpc) is 2.37. The Labute approximate surface area is 106 Å². The van der Waals surface area contributed by atoms with Crippen molar-refractivity contribution >= 4 is 0 Å². The number of aliphatic hydroxyl groups is 5. The molecule has 5 N–H and O–H groups in total. The summed E-state index contributed by atoms with van der Waals surface area (Å²) in [5.41, 5.74) is -1.19. The molecule has 6 heteroatoms. The maximum absolute atomic E-state index is 10.5. The van der Waals surface area contributed by atoms with E-state index in [2.05, 4.69) is 0 Å². The van der Waals surface area contributed by atoms with Gasteiger partial charge in [0.25, 0.3) is 0 Å². The van der Waals surface area contributed by atoms with Gasteiger partial charge >= 0.3 is 0 Å². The lowest BCUT2D eigenvalue weighted by Crippen LogP contribution is -2.65. The van der Waals surface area contributed by atoms with Crippen molar-refractivity contribution in [3.63, 3.8) is 0 Å². The highest BCUT2D eigenvalue weighted by Crippen LogP contribution is 2.37. The fourth-order valence-electron chi connectivity index (χ4n) is 2.99. The fraction of sp³-hybridized carbons (Fsp3) is 1.00. The Morgan fingerprint density at radius 3 is 2.11 bits per heavy atom. The summed E-state index contributed by atoms with van der Waals surface area (Å²) in [6, 6.07) is 0. The highest BCUT2D eigenvalue weighted by atomic mass is 16.6. The summed E-state index contributed by atoms with van der Waals surface area (Å²) in [6.45, 7) is -0.461. The van der Waals surface area contributed by atoms with E-state index in [0.717, 1.165) is 19.3 Å². The Balaban J connectivity index is 2.15. The number of hydrogen-bond acceptors (Lipinski definition) is 6. The lowest BCUT2D eigenvalue weighted by molar-refractivity contribution is -0.274. The molecule has 1 saturated carbocycles. The summed E-state index contributed by atoms with van der Waals surface area (Å²) in [7, 11) is 0. The van der Waals surface area contributed by atoms with Crippen LogP contribution in [0.2, 0.25) is 0 Å². The molecule has 2 rings (SSSR count). The van der Waals surface area contributed by atoms with Crippen LogP contribution in [0.4, 0.5) is 0 Å². The maximum Gasteiger partial charge on any atom is 0.115 e. The second-order valence-corrected chi connectivity index (χ2v) is 5.41. The van der Waals surface area contributed by atoms with Gasteiger partial charge in [0, 0.05) is 0 Å². The van der Waals surface area contributed by atoms with Crippen molar-refractivity contribution in [2.75, 3.05) is 6.61 Å². The lowest BCUT2D eigenvalue weighted by Gasteiger charge is -2.48. The molecule has 106 valence electrons. The molecule has 0 aromatic rings. The van der Waals surface area contributed by atoms with Gasteiger partial charge in [0.2, 0.25) is 0 Å². The third-order valence-corrected chi connectivity index (χ3v) is 4.14. The zero-order chi connectivity index (χ0) is 13.3. The summed E-state index contributed by atoms with van der Waals surface area (Å²) >= 11 is 0. The number of hydrogen-bond donors (Lipinski definition) is 5. The Morgan fingerprint density at radius 2 is 1.56 bits per heavy atom. The molecule has 0 bridgehead atoms. The molecule has 1 aliphatic carbocycles. The molecular formula is C12H22O6. The Bertz CT molecular complexity index is 276. The van der Waals surface area contributed by atoms with E-state index in [4.69, 9.17) is 9.84 Å². The summed E-state index contributed by atoms with van der Waals surface area (Å²) < 4.78 is 5.41. The largest absolute Gasteiger partial charge is 0.394 e. The minimum absolute atomic E-state index is 0.461. The van der Waals surface area contributed by atoms with Crippen molar-refractivity contribution in [3.8, 4) is 0 Å². The van der Waals surface area contributed by atoms with Gasteiger partial charge in [-0.1, -0.05) is 19.3 Å². The van der Waals surface area contributed by atoms with Crippen molar-refractivity contribution in [1.82, 2.24) is 0 Å². The van der Waals surface area contributed by atoms with Gasteiger partial charge in [0.1, 0.15) is 30.5 Å². The summed E-state index contributed by atoms with van der Waals surface area (Å²) in [6.07, 6.45) is -2.33. The molecule has 5 atom stereocenters. The van der Waals surface area contributed by atoms with Crippen molar-refractivity contribution in [2.24, 2.45) is 0 Å². The van der Waals surface area contributed by atoms with Gasteiger partial charge in [0.15, 0.2) is 0 Å². The predicted molar refractivity (Wildman–Crippen MR) is 61.8 cm³/mol. The van der Waals surface area contributed by atoms with Crippen molar-refractivity contribution in [3.05, 3.63) is 0 Å². The summed E-state index contributed by atoms with van der Waals surface area (Å²) in [5, 5.41) is 49.0. The van der Waals surface area contributed by atoms with Gasteiger partial charge in [0.05, 0.1) is 12.2 Å². The fourth-order valence-corrected chi connectivity index (χ4v) is 2.99. The molecule has 6 nitrogen and oxygen atoms in total. The van der Waals surface area contributed by atoms with E-state index in [1.54, 1.807) is 0 Å². The van der Waals surface area contributed by atoms with E-state index in [9.17, 15) is 20.4 Å². The number of aliphatic hydroxyl groups excluding tert-OH is 4. The van der Waals surface area contributed by atoms with Crippen LogP contribution < -0.4 is 0 Å². The molecule has 0 unspecified atom stereocenters. The van der Waals surface area contributed by atoms with Crippen molar-refractivity contribution in [1.29, 1.82) is 0 Å². The maximum atomic E-state index is 10.5. The Hall–Kier alpha value is -0.240. The molecule has 1 heterocycles. The molecule has 0 radical (unpaired) electrons. The molecule has 1 saturated heterocycles. The van der Waals surface area contributed by atoms with E-state index in [1.807, 2.05) is 0 Å².